The van der Waals surface area contributed by atoms with Gasteiger partial charge in [-0.15, -0.1) is 0 Å². The van der Waals surface area contributed by atoms with Gasteiger partial charge in [-0.1, -0.05) is 53.9 Å². The van der Waals surface area contributed by atoms with E-state index >= 15 is 0 Å². The molecule has 1 heterocycles. The number of ether oxygens (including phenoxy) is 2. The Morgan fingerprint density at radius 2 is 1.92 bits per heavy atom. The van der Waals surface area contributed by atoms with Crippen LogP contribution in [-0.2, 0) is 14.3 Å². The van der Waals surface area contributed by atoms with Crippen LogP contribution in [0, 0.1) is 17.3 Å². The Balaban J connectivity index is 2.71. The Hall–Kier alpha value is -0.450. The van der Waals surface area contributed by atoms with Gasteiger partial charge in [-0.3, -0.25) is 4.79 Å². The summed E-state index contributed by atoms with van der Waals surface area (Å²) in [6.07, 6.45) is 4.35. The molecule has 24 heavy (non-hydrogen) atoms. The number of carbonyl (C=O) groups excluding carboxylic acids is 1. The van der Waals surface area contributed by atoms with Gasteiger partial charge in [-0.25, -0.2) is 0 Å². The molecule has 0 aromatic carbocycles. The van der Waals surface area contributed by atoms with E-state index in [4.69, 9.17) is 9.47 Å². The lowest BCUT2D eigenvalue weighted by molar-refractivity contribution is -0.289. The lowest BCUT2D eigenvalue weighted by Crippen LogP contribution is -2.51. The van der Waals surface area contributed by atoms with Crippen molar-refractivity contribution in [1.82, 2.24) is 0 Å². The van der Waals surface area contributed by atoms with Crippen LogP contribution in [0.25, 0.3) is 0 Å². The summed E-state index contributed by atoms with van der Waals surface area (Å²) >= 11 is 0. The normalized spacial score (nSPS) is 25.1. The first-order valence-electron chi connectivity index (χ1n) is 9.57. The predicted octanol–water partition coefficient (Wildman–Crippen LogP) is 4.34. The Morgan fingerprint density at radius 3 is 2.46 bits per heavy atom. The Morgan fingerprint density at radius 1 is 1.29 bits per heavy atom. The average Bonchev–Trinajstić information content (AvgIpc) is 2.51. The molecule has 142 valence electrons. The summed E-state index contributed by atoms with van der Waals surface area (Å²) in [5.74, 6) is -0.819. The molecule has 4 heteroatoms. The van der Waals surface area contributed by atoms with Gasteiger partial charge in [0.05, 0.1) is 24.2 Å². The zero-order valence-electron chi connectivity index (χ0n) is 16.7. The number of Topliss-reactive ketones (excluding diaryl/α,β-unsaturated/α-hetero) is 1. The maximum Gasteiger partial charge on any atom is 0.163 e. The van der Waals surface area contributed by atoms with Crippen molar-refractivity contribution in [3.63, 3.8) is 0 Å². The van der Waals surface area contributed by atoms with Crippen LogP contribution in [-0.4, -0.2) is 35.5 Å². The summed E-state index contributed by atoms with van der Waals surface area (Å²) in [4.78, 5) is 13.1. The molecule has 1 saturated heterocycles. The van der Waals surface area contributed by atoms with Gasteiger partial charge in [0, 0.05) is 5.92 Å². The maximum absolute atomic E-state index is 13.1. The molecule has 0 amide bonds. The minimum absolute atomic E-state index is 0.0834. The fourth-order valence-electron chi connectivity index (χ4n) is 3.64. The van der Waals surface area contributed by atoms with Crippen molar-refractivity contribution < 1.29 is 19.4 Å². The Kier molecular flexibility index (Phi) is 7.89. The molecule has 0 bridgehead atoms. The van der Waals surface area contributed by atoms with E-state index in [1.165, 1.54) is 12.8 Å². The number of aliphatic hydroxyl groups excluding tert-OH is 1. The lowest BCUT2D eigenvalue weighted by atomic mass is 9.72. The highest BCUT2D eigenvalue weighted by atomic mass is 16.7. The minimum Gasteiger partial charge on any atom is -0.392 e. The number of hydrogen-bond donors (Lipinski definition) is 1. The van der Waals surface area contributed by atoms with Crippen LogP contribution in [0.2, 0.25) is 0 Å². The topological polar surface area (TPSA) is 55.8 Å². The molecule has 0 radical (unpaired) electrons. The number of hydrogen-bond acceptors (Lipinski definition) is 4. The molecule has 1 N–H and O–H groups in total. The number of unbranched alkanes of at least 4 members (excludes halogenated alkanes) is 2. The summed E-state index contributed by atoms with van der Waals surface area (Å²) in [6, 6.07) is 0. The van der Waals surface area contributed by atoms with E-state index in [1.54, 1.807) is 0 Å². The van der Waals surface area contributed by atoms with Gasteiger partial charge >= 0.3 is 0 Å². The van der Waals surface area contributed by atoms with Gasteiger partial charge in [0.15, 0.2) is 5.79 Å². The average molecular weight is 343 g/mol. The van der Waals surface area contributed by atoms with Crippen molar-refractivity contribution in [3.05, 3.63) is 0 Å². The first-order valence-corrected chi connectivity index (χ1v) is 9.57. The fraction of sp³-hybridized carbons (Fsp3) is 0.950. The summed E-state index contributed by atoms with van der Waals surface area (Å²) in [5, 5.41) is 10.6. The summed E-state index contributed by atoms with van der Waals surface area (Å²) in [7, 11) is 0. The van der Waals surface area contributed by atoms with Crippen LogP contribution in [0.3, 0.4) is 0 Å². The Labute approximate surface area is 148 Å². The third-order valence-electron chi connectivity index (χ3n) is 5.47. The Bertz CT molecular complexity index is 402. The van der Waals surface area contributed by atoms with Crippen molar-refractivity contribution in [2.24, 2.45) is 17.3 Å². The van der Waals surface area contributed by atoms with Crippen LogP contribution in [0.15, 0.2) is 0 Å². The smallest absolute Gasteiger partial charge is 0.163 e. The first-order chi connectivity index (χ1) is 11.0. The molecule has 1 aliphatic heterocycles. The highest BCUT2D eigenvalue weighted by molar-refractivity contribution is 5.87. The largest absolute Gasteiger partial charge is 0.392 e. The van der Waals surface area contributed by atoms with Crippen LogP contribution in [0.1, 0.15) is 80.6 Å². The monoisotopic (exact) mass is 342 g/mol. The van der Waals surface area contributed by atoms with Gasteiger partial charge in [-0.2, -0.15) is 0 Å². The summed E-state index contributed by atoms with van der Waals surface area (Å²) in [6.45, 7) is 14.3. The minimum atomic E-state index is -0.657. The lowest BCUT2D eigenvalue weighted by Gasteiger charge is -2.44. The fourth-order valence-corrected chi connectivity index (χ4v) is 3.64. The zero-order valence-corrected chi connectivity index (χ0v) is 16.7. The number of ketones is 1. The third kappa shape index (κ3) is 5.53. The van der Waals surface area contributed by atoms with Crippen molar-refractivity contribution in [2.75, 3.05) is 6.61 Å². The molecule has 1 rings (SSSR count). The van der Waals surface area contributed by atoms with Crippen LogP contribution < -0.4 is 0 Å². The van der Waals surface area contributed by atoms with Gasteiger partial charge in [-0.05, 0) is 32.6 Å². The van der Waals surface area contributed by atoms with E-state index in [-0.39, 0.29) is 23.7 Å². The van der Waals surface area contributed by atoms with Gasteiger partial charge in [0.1, 0.15) is 5.78 Å². The summed E-state index contributed by atoms with van der Waals surface area (Å²) < 4.78 is 11.6. The first kappa shape index (κ1) is 21.6. The molecule has 4 nitrogen and oxygen atoms in total. The molecule has 1 fully saturated rings. The molecule has 2 unspecified atom stereocenters. The third-order valence-corrected chi connectivity index (χ3v) is 5.47. The maximum atomic E-state index is 13.1. The predicted molar refractivity (Wildman–Crippen MR) is 96.8 cm³/mol. The van der Waals surface area contributed by atoms with Gasteiger partial charge < -0.3 is 14.6 Å². The van der Waals surface area contributed by atoms with E-state index in [0.717, 1.165) is 12.8 Å². The number of aliphatic hydroxyl groups is 1. The highest BCUT2D eigenvalue weighted by Gasteiger charge is 2.45. The van der Waals surface area contributed by atoms with Gasteiger partial charge in [0.25, 0.3) is 0 Å². The molecule has 0 spiro atoms. The van der Waals surface area contributed by atoms with E-state index in [0.29, 0.717) is 13.0 Å². The van der Waals surface area contributed by atoms with Crippen LogP contribution in [0.5, 0.6) is 0 Å². The van der Waals surface area contributed by atoms with Crippen molar-refractivity contribution in [2.45, 2.75) is 98.6 Å². The standard InChI is InChI=1S/C20H38O4/c1-8-9-10-11-14(2)17(21)15(3)18(22)19(4,5)16-12-13-23-20(6,7)24-16/h14-17,21H,8-13H2,1-7H3/t14-,15-,16?,17?/m0/s1. The second-order valence-electron chi connectivity index (χ2n) is 8.48. The van der Waals surface area contributed by atoms with Crippen LogP contribution >= 0.6 is 0 Å². The number of rotatable bonds is 9. The van der Waals surface area contributed by atoms with Crippen molar-refractivity contribution in [3.8, 4) is 0 Å². The number of carbonyl (C=O) groups is 1. The van der Waals surface area contributed by atoms with E-state index in [9.17, 15) is 9.90 Å². The highest BCUT2D eigenvalue weighted by Crippen LogP contribution is 2.37. The molecule has 0 aliphatic carbocycles. The van der Waals surface area contributed by atoms with E-state index in [1.807, 2.05) is 41.5 Å². The summed E-state index contributed by atoms with van der Waals surface area (Å²) in [5.41, 5.74) is -0.634. The van der Waals surface area contributed by atoms with Crippen molar-refractivity contribution in [1.29, 1.82) is 0 Å². The second-order valence-corrected chi connectivity index (χ2v) is 8.48. The molecule has 0 aromatic rings. The molecule has 4 atom stereocenters. The molecular weight excluding hydrogens is 304 g/mol. The van der Waals surface area contributed by atoms with E-state index < -0.39 is 17.3 Å². The molecule has 0 saturated carbocycles. The quantitative estimate of drug-likeness (QED) is 0.633. The van der Waals surface area contributed by atoms with Crippen LogP contribution in [0.4, 0.5) is 0 Å². The SMILES string of the molecule is CCCCC[C@H](C)C(O)[C@H](C)C(=O)C(C)(C)C1CCOC(C)(C)O1. The van der Waals surface area contributed by atoms with E-state index in [2.05, 4.69) is 6.92 Å². The molecular formula is C20H38O4. The van der Waals surface area contributed by atoms with Gasteiger partial charge in [0.2, 0.25) is 0 Å². The second kappa shape index (κ2) is 8.77. The van der Waals surface area contributed by atoms with Crippen molar-refractivity contribution >= 4 is 5.78 Å². The zero-order chi connectivity index (χ0) is 18.5. The molecule has 1 aliphatic rings. The molecule has 0 aromatic heterocycles.